The van der Waals surface area contributed by atoms with E-state index in [-0.39, 0.29) is 17.7 Å². The number of hydrogen-bond acceptors (Lipinski definition) is 2. The van der Waals surface area contributed by atoms with E-state index in [0.29, 0.717) is 12.5 Å². The van der Waals surface area contributed by atoms with Gasteiger partial charge in [-0.2, -0.15) is 0 Å². The van der Waals surface area contributed by atoms with Crippen molar-refractivity contribution in [3.8, 4) is 0 Å². The van der Waals surface area contributed by atoms with Gasteiger partial charge in [0.05, 0.1) is 12.7 Å². The lowest BCUT2D eigenvalue weighted by atomic mass is 9.98. The number of hydrogen-bond donors (Lipinski definition) is 1. The number of amides is 1. The first-order valence-electron chi connectivity index (χ1n) is 7.97. The van der Waals surface area contributed by atoms with Gasteiger partial charge in [0.1, 0.15) is 0 Å². The van der Waals surface area contributed by atoms with Crippen molar-refractivity contribution in [3.05, 3.63) is 35.9 Å². The highest BCUT2D eigenvalue weighted by Crippen LogP contribution is 2.35. The number of benzene rings is 1. The first-order valence-corrected chi connectivity index (χ1v) is 7.97. The lowest BCUT2D eigenvalue weighted by Gasteiger charge is -2.39. The normalized spacial score (nSPS) is 25.2. The highest BCUT2D eigenvalue weighted by atomic mass is 16.5. The van der Waals surface area contributed by atoms with Crippen LogP contribution in [0.25, 0.3) is 0 Å². The molecule has 3 unspecified atom stereocenters. The van der Waals surface area contributed by atoms with Gasteiger partial charge < -0.3 is 14.7 Å². The summed E-state index contributed by atoms with van der Waals surface area (Å²) in [6.07, 6.45) is 0.979. The minimum atomic E-state index is -0.840. The summed E-state index contributed by atoms with van der Waals surface area (Å²) in [4.78, 5) is 13.3. The highest BCUT2D eigenvalue weighted by molar-refractivity contribution is 5.66. The molecule has 1 aliphatic carbocycles. The molecule has 0 radical (unpaired) electrons. The standard InChI is InChI=1S/C18H27NO3/c1-13-10-15(22-12-14-8-6-5-7-9-14)11-16(13)19(17(20)21)18(2,3)4/h5-9,13,15-16H,10-12H2,1-4H3,(H,20,21). The van der Waals surface area contributed by atoms with Gasteiger partial charge in [-0.15, -0.1) is 0 Å². The molecule has 4 nitrogen and oxygen atoms in total. The lowest BCUT2D eigenvalue weighted by molar-refractivity contribution is 0.0305. The predicted molar refractivity (Wildman–Crippen MR) is 86.8 cm³/mol. The van der Waals surface area contributed by atoms with E-state index < -0.39 is 6.09 Å². The van der Waals surface area contributed by atoms with E-state index in [1.807, 2.05) is 39.0 Å². The molecule has 2 rings (SSSR count). The van der Waals surface area contributed by atoms with Crippen molar-refractivity contribution in [1.82, 2.24) is 4.90 Å². The Morgan fingerprint density at radius 1 is 1.27 bits per heavy atom. The average molecular weight is 305 g/mol. The van der Waals surface area contributed by atoms with E-state index >= 15 is 0 Å². The van der Waals surface area contributed by atoms with Crippen LogP contribution in [0.1, 0.15) is 46.1 Å². The Morgan fingerprint density at radius 3 is 2.45 bits per heavy atom. The Hall–Kier alpha value is -1.55. The molecule has 0 heterocycles. The molecule has 0 bridgehead atoms. The van der Waals surface area contributed by atoms with Crippen molar-refractivity contribution < 1.29 is 14.6 Å². The molecule has 0 spiro atoms. The molecule has 22 heavy (non-hydrogen) atoms. The molecule has 1 saturated carbocycles. The van der Waals surface area contributed by atoms with E-state index in [1.165, 1.54) is 0 Å². The Morgan fingerprint density at radius 2 is 1.91 bits per heavy atom. The minimum absolute atomic E-state index is 0.0262. The monoisotopic (exact) mass is 305 g/mol. The maximum absolute atomic E-state index is 11.6. The third-order valence-electron chi connectivity index (χ3n) is 4.38. The summed E-state index contributed by atoms with van der Waals surface area (Å²) in [6, 6.07) is 10.1. The molecule has 1 amide bonds. The summed E-state index contributed by atoms with van der Waals surface area (Å²) in [5, 5.41) is 9.57. The van der Waals surface area contributed by atoms with Crippen LogP contribution in [0.4, 0.5) is 4.79 Å². The number of nitrogens with zero attached hydrogens (tertiary/aromatic N) is 1. The fourth-order valence-electron chi connectivity index (χ4n) is 3.38. The van der Waals surface area contributed by atoms with Crippen molar-refractivity contribution in [3.63, 3.8) is 0 Å². The summed E-state index contributed by atoms with van der Waals surface area (Å²) in [6.45, 7) is 8.57. The first-order chi connectivity index (χ1) is 10.3. The van der Waals surface area contributed by atoms with Crippen LogP contribution < -0.4 is 0 Å². The van der Waals surface area contributed by atoms with E-state index in [9.17, 15) is 9.90 Å². The smallest absolute Gasteiger partial charge is 0.407 e. The molecule has 4 heteroatoms. The molecule has 3 atom stereocenters. The van der Waals surface area contributed by atoms with Crippen LogP contribution in [-0.2, 0) is 11.3 Å². The Bertz CT molecular complexity index is 495. The Balaban J connectivity index is 1.98. The molecule has 1 N–H and O–H groups in total. The second-order valence-corrected chi connectivity index (χ2v) is 7.26. The predicted octanol–water partition coefficient (Wildman–Crippen LogP) is 4.15. The zero-order valence-corrected chi connectivity index (χ0v) is 14.0. The maximum Gasteiger partial charge on any atom is 0.407 e. The van der Waals surface area contributed by atoms with Crippen molar-refractivity contribution in [2.45, 2.75) is 64.8 Å². The van der Waals surface area contributed by atoms with Crippen LogP contribution in [0.5, 0.6) is 0 Å². The highest BCUT2D eigenvalue weighted by Gasteiger charge is 2.42. The number of ether oxygens (including phenoxy) is 1. The fourth-order valence-corrected chi connectivity index (χ4v) is 3.38. The SMILES string of the molecule is CC1CC(OCc2ccccc2)CC1N(C(=O)O)C(C)(C)C. The largest absolute Gasteiger partial charge is 0.465 e. The molecule has 0 saturated heterocycles. The molecule has 0 aliphatic heterocycles. The van der Waals surface area contributed by atoms with Crippen molar-refractivity contribution in [1.29, 1.82) is 0 Å². The van der Waals surface area contributed by atoms with Gasteiger partial charge >= 0.3 is 6.09 Å². The zero-order valence-electron chi connectivity index (χ0n) is 14.0. The molecule has 1 aromatic rings. The van der Waals surface area contributed by atoms with Gasteiger partial charge in [0.15, 0.2) is 0 Å². The molecular weight excluding hydrogens is 278 g/mol. The summed E-state index contributed by atoms with van der Waals surface area (Å²) in [5.41, 5.74) is 0.767. The van der Waals surface area contributed by atoms with E-state index in [1.54, 1.807) is 4.90 Å². The fraction of sp³-hybridized carbons (Fsp3) is 0.611. The minimum Gasteiger partial charge on any atom is -0.465 e. The second-order valence-electron chi connectivity index (χ2n) is 7.26. The van der Waals surface area contributed by atoms with Crippen LogP contribution in [0.3, 0.4) is 0 Å². The molecule has 1 aliphatic rings. The van der Waals surface area contributed by atoms with E-state index in [4.69, 9.17) is 4.74 Å². The van der Waals surface area contributed by atoms with Gasteiger partial charge in [-0.1, -0.05) is 37.3 Å². The quantitative estimate of drug-likeness (QED) is 0.909. The third kappa shape index (κ3) is 4.01. The number of rotatable bonds is 4. The molecule has 0 aromatic heterocycles. The summed E-state index contributed by atoms with van der Waals surface area (Å²) in [5.74, 6) is 0.316. The second kappa shape index (κ2) is 6.69. The average Bonchev–Trinajstić information content (AvgIpc) is 2.77. The van der Waals surface area contributed by atoms with Crippen LogP contribution in [-0.4, -0.2) is 33.8 Å². The van der Waals surface area contributed by atoms with Gasteiger partial charge in [-0.25, -0.2) is 4.79 Å². The Labute approximate surface area is 133 Å². The third-order valence-corrected chi connectivity index (χ3v) is 4.38. The number of carbonyl (C=O) groups is 1. The van der Waals surface area contributed by atoms with Gasteiger partial charge in [0.25, 0.3) is 0 Å². The molecule has 1 aromatic carbocycles. The number of carboxylic acid groups (broad SMARTS) is 1. The first kappa shape index (κ1) is 16.8. The van der Waals surface area contributed by atoms with Gasteiger partial charge in [0.2, 0.25) is 0 Å². The van der Waals surface area contributed by atoms with Crippen molar-refractivity contribution in [2.75, 3.05) is 0 Å². The van der Waals surface area contributed by atoms with Crippen molar-refractivity contribution in [2.24, 2.45) is 5.92 Å². The topological polar surface area (TPSA) is 49.8 Å². The Kier molecular flexibility index (Phi) is 5.12. The lowest BCUT2D eigenvalue weighted by Crippen LogP contribution is -2.52. The summed E-state index contributed by atoms with van der Waals surface area (Å²) in [7, 11) is 0. The van der Waals surface area contributed by atoms with Gasteiger partial charge in [0, 0.05) is 11.6 Å². The van der Waals surface area contributed by atoms with Crippen LogP contribution in [0, 0.1) is 5.92 Å². The summed E-state index contributed by atoms with van der Waals surface area (Å²) >= 11 is 0. The van der Waals surface area contributed by atoms with Crippen molar-refractivity contribution >= 4 is 6.09 Å². The van der Waals surface area contributed by atoms with Gasteiger partial charge in [-0.05, 0) is 45.1 Å². The molecule has 1 fully saturated rings. The molecular formula is C18H27NO3. The zero-order chi connectivity index (χ0) is 16.3. The summed E-state index contributed by atoms with van der Waals surface area (Å²) < 4.78 is 6.01. The maximum atomic E-state index is 11.6. The van der Waals surface area contributed by atoms with E-state index in [2.05, 4.69) is 19.1 Å². The van der Waals surface area contributed by atoms with Gasteiger partial charge in [-0.3, -0.25) is 0 Å². The van der Waals surface area contributed by atoms with Crippen LogP contribution in [0.2, 0.25) is 0 Å². The van der Waals surface area contributed by atoms with E-state index in [0.717, 1.165) is 18.4 Å². The van der Waals surface area contributed by atoms with Crippen LogP contribution >= 0.6 is 0 Å². The molecule has 122 valence electrons. The van der Waals surface area contributed by atoms with Crippen LogP contribution in [0.15, 0.2) is 30.3 Å².